The molecule has 0 unspecified atom stereocenters. The molecule has 1 saturated heterocycles. The van der Waals surface area contributed by atoms with E-state index in [1.165, 1.54) is 11.3 Å². The van der Waals surface area contributed by atoms with Gasteiger partial charge in [-0.05, 0) is 32.2 Å². The highest BCUT2D eigenvalue weighted by atomic mass is 32.1. The van der Waals surface area contributed by atoms with E-state index in [-0.39, 0.29) is 5.91 Å². The average molecular weight is 239 g/mol. The van der Waals surface area contributed by atoms with Gasteiger partial charge in [-0.25, -0.2) is 4.98 Å². The van der Waals surface area contributed by atoms with Crippen LogP contribution in [-0.2, 0) is 0 Å². The standard InChI is InChI=1S/C11H17N3OS/c1-8-13-10(7-16-8)11(15)14-4-2-3-9(5-12)6-14/h7,9H,2-6,12H2,1H3/t9-/m1/s1. The van der Waals surface area contributed by atoms with Crippen LogP contribution in [-0.4, -0.2) is 35.4 Å². The minimum absolute atomic E-state index is 0.0579. The van der Waals surface area contributed by atoms with E-state index in [4.69, 9.17) is 5.73 Å². The van der Waals surface area contributed by atoms with Crippen molar-refractivity contribution in [2.75, 3.05) is 19.6 Å². The first kappa shape index (κ1) is 11.5. The van der Waals surface area contributed by atoms with Gasteiger partial charge >= 0.3 is 0 Å². The summed E-state index contributed by atoms with van der Waals surface area (Å²) >= 11 is 1.52. The van der Waals surface area contributed by atoms with Crippen molar-refractivity contribution in [3.8, 4) is 0 Å². The molecule has 1 atom stereocenters. The lowest BCUT2D eigenvalue weighted by Gasteiger charge is -2.31. The minimum Gasteiger partial charge on any atom is -0.337 e. The third kappa shape index (κ3) is 2.41. The van der Waals surface area contributed by atoms with Crippen LogP contribution in [0.4, 0.5) is 0 Å². The number of aromatic nitrogens is 1. The number of hydrogen-bond acceptors (Lipinski definition) is 4. The topological polar surface area (TPSA) is 59.2 Å². The number of rotatable bonds is 2. The SMILES string of the molecule is Cc1nc(C(=O)N2CCC[C@H](CN)C2)cs1. The second-order valence-electron chi connectivity index (χ2n) is 4.25. The van der Waals surface area contributed by atoms with Crippen LogP contribution >= 0.6 is 11.3 Å². The van der Waals surface area contributed by atoms with Gasteiger partial charge in [0.05, 0.1) is 5.01 Å². The number of nitrogens with two attached hydrogens (primary N) is 1. The summed E-state index contributed by atoms with van der Waals surface area (Å²) in [5, 5.41) is 2.78. The normalized spacial score (nSPS) is 21.1. The Morgan fingerprint density at radius 1 is 1.75 bits per heavy atom. The molecule has 2 N–H and O–H groups in total. The van der Waals surface area contributed by atoms with Gasteiger partial charge in [0.15, 0.2) is 0 Å². The second kappa shape index (κ2) is 4.93. The van der Waals surface area contributed by atoms with Crippen LogP contribution < -0.4 is 5.73 Å². The summed E-state index contributed by atoms with van der Waals surface area (Å²) in [6.07, 6.45) is 2.19. The highest BCUT2D eigenvalue weighted by Gasteiger charge is 2.24. The Balaban J connectivity index is 2.04. The van der Waals surface area contributed by atoms with Crippen LogP contribution in [0.25, 0.3) is 0 Å². The zero-order chi connectivity index (χ0) is 11.5. The molecular formula is C11H17N3OS. The molecule has 1 aliphatic rings. The number of amides is 1. The van der Waals surface area contributed by atoms with Crippen LogP contribution in [0.5, 0.6) is 0 Å². The number of aryl methyl sites for hydroxylation is 1. The molecule has 0 aromatic carbocycles. The lowest BCUT2D eigenvalue weighted by molar-refractivity contribution is 0.0673. The van der Waals surface area contributed by atoms with Crippen molar-refractivity contribution in [1.29, 1.82) is 0 Å². The van der Waals surface area contributed by atoms with Crippen LogP contribution in [0, 0.1) is 12.8 Å². The molecule has 1 aromatic rings. The smallest absolute Gasteiger partial charge is 0.273 e. The van der Waals surface area contributed by atoms with Crippen molar-refractivity contribution >= 4 is 17.2 Å². The highest BCUT2D eigenvalue weighted by Crippen LogP contribution is 2.18. The maximum absolute atomic E-state index is 12.1. The third-order valence-electron chi connectivity index (χ3n) is 2.98. The van der Waals surface area contributed by atoms with Crippen molar-refractivity contribution in [2.45, 2.75) is 19.8 Å². The van der Waals surface area contributed by atoms with E-state index in [0.29, 0.717) is 18.2 Å². The summed E-state index contributed by atoms with van der Waals surface area (Å²) < 4.78 is 0. The molecule has 1 fully saturated rings. The van der Waals surface area contributed by atoms with E-state index >= 15 is 0 Å². The maximum Gasteiger partial charge on any atom is 0.273 e. The first-order valence-electron chi connectivity index (χ1n) is 5.62. The number of carbonyl (C=O) groups excluding carboxylic acids is 1. The van der Waals surface area contributed by atoms with E-state index in [0.717, 1.165) is 30.9 Å². The number of hydrogen-bond donors (Lipinski definition) is 1. The fourth-order valence-electron chi connectivity index (χ4n) is 2.07. The van der Waals surface area contributed by atoms with E-state index in [9.17, 15) is 4.79 Å². The zero-order valence-electron chi connectivity index (χ0n) is 9.48. The summed E-state index contributed by atoms with van der Waals surface area (Å²) in [6.45, 7) is 4.21. The quantitative estimate of drug-likeness (QED) is 0.845. The molecule has 1 amide bonds. The number of likely N-dealkylation sites (tertiary alicyclic amines) is 1. The lowest BCUT2D eigenvalue weighted by atomic mass is 9.98. The minimum atomic E-state index is 0.0579. The summed E-state index contributed by atoms with van der Waals surface area (Å²) in [6, 6.07) is 0. The molecule has 0 aliphatic carbocycles. The van der Waals surface area contributed by atoms with Crippen LogP contribution in [0.15, 0.2) is 5.38 Å². The van der Waals surface area contributed by atoms with Gasteiger partial charge in [0.25, 0.3) is 5.91 Å². The molecule has 1 aromatic heterocycles. The largest absolute Gasteiger partial charge is 0.337 e. The molecule has 0 bridgehead atoms. The second-order valence-corrected chi connectivity index (χ2v) is 5.31. The van der Waals surface area contributed by atoms with Gasteiger partial charge in [-0.1, -0.05) is 0 Å². The monoisotopic (exact) mass is 239 g/mol. The van der Waals surface area contributed by atoms with Gasteiger partial charge in [0, 0.05) is 18.5 Å². The molecular weight excluding hydrogens is 222 g/mol. The summed E-state index contributed by atoms with van der Waals surface area (Å²) in [5.41, 5.74) is 6.24. The summed E-state index contributed by atoms with van der Waals surface area (Å²) in [4.78, 5) is 18.2. The zero-order valence-corrected chi connectivity index (χ0v) is 10.3. The fourth-order valence-corrected chi connectivity index (χ4v) is 2.65. The summed E-state index contributed by atoms with van der Waals surface area (Å²) in [7, 11) is 0. The molecule has 1 aliphatic heterocycles. The Bertz CT molecular complexity index is 377. The Kier molecular flexibility index (Phi) is 3.56. The molecule has 4 nitrogen and oxygen atoms in total. The molecule has 2 heterocycles. The van der Waals surface area contributed by atoms with Gasteiger partial charge in [0.1, 0.15) is 5.69 Å². The van der Waals surface area contributed by atoms with Gasteiger partial charge < -0.3 is 10.6 Å². The lowest BCUT2D eigenvalue weighted by Crippen LogP contribution is -2.42. The maximum atomic E-state index is 12.1. The van der Waals surface area contributed by atoms with E-state index in [2.05, 4.69) is 4.98 Å². The Hall–Kier alpha value is -0.940. The van der Waals surface area contributed by atoms with Crippen molar-refractivity contribution < 1.29 is 4.79 Å². The van der Waals surface area contributed by atoms with Crippen molar-refractivity contribution in [3.05, 3.63) is 16.1 Å². The Morgan fingerprint density at radius 3 is 3.19 bits per heavy atom. The predicted octanol–water partition coefficient (Wildman–Crippen LogP) is 1.26. The van der Waals surface area contributed by atoms with Crippen LogP contribution in [0.1, 0.15) is 28.3 Å². The number of thiazole rings is 1. The predicted molar refractivity (Wildman–Crippen MR) is 64.5 cm³/mol. The Morgan fingerprint density at radius 2 is 2.56 bits per heavy atom. The van der Waals surface area contributed by atoms with E-state index in [1.807, 2.05) is 17.2 Å². The fraction of sp³-hybridized carbons (Fsp3) is 0.636. The molecule has 5 heteroatoms. The van der Waals surface area contributed by atoms with Crippen molar-refractivity contribution in [1.82, 2.24) is 9.88 Å². The molecule has 16 heavy (non-hydrogen) atoms. The van der Waals surface area contributed by atoms with E-state index in [1.54, 1.807) is 0 Å². The van der Waals surface area contributed by atoms with Crippen LogP contribution in [0.3, 0.4) is 0 Å². The average Bonchev–Trinajstić information content (AvgIpc) is 2.75. The third-order valence-corrected chi connectivity index (χ3v) is 3.75. The first-order valence-corrected chi connectivity index (χ1v) is 6.50. The first-order chi connectivity index (χ1) is 7.70. The highest BCUT2D eigenvalue weighted by molar-refractivity contribution is 7.09. The van der Waals surface area contributed by atoms with Crippen LogP contribution in [0.2, 0.25) is 0 Å². The van der Waals surface area contributed by atoms with Gasteiger partial charge in [-0.3, -0.25) is 4.79 Å². The molecule has 2 rings (SSSR count). The number of carbonyl (C=O) groups is 1. The molecule has 0 spiro atoms. The van der Waals surface area contributed by atoms with Crippen molar-refractivity contribution in [3.63, 3.8) is 0 Å². The Labute approximate surface area is 99.5 Å². The van der Waals surface area contributed by atoms with Gasteiger partial charge in [-0.2, -0.15) is 0 Å². The molecule has 0 radical (unpaired) electrons. The molecule has 0 saturated carbocycles. The number of piperidine rings is 1. The van der Waals surface area contributed by atoms with E-state index < -0.39 is 0 Å². The van der Waals surface area contributed by atoms with Gasteiger partial charge in [0.2, 0.25) is 0 Å². The number of nitrogens with zero attached hydrogens (tertiary/aromatic N) is 2. The summed E-state index contributed by atoms with van der Waals surface area (Å²) in [5.74, 6) is 0.514. The molecule has 88 valence electrons. The van der Waals surface area contributed by atoms with Gasteiger partial charge in [-0.15, -0.1) is 11.3 Å². The van der Waals surface area contributed by atoms with Crippen molar-refractivity contribution in [2.24, 2.45) is 11.7 Å².